The fourth-order valence-electron chi connectivity index (χ4n) is 2.26. The molecule has 82 valence electrons. The van der Waals surface area contributed by atoms with Crippen molar-refractivity contribution in [2.45, 2.75) is 25.4 Å². The number of hydrogen-bond donors (Lipinski definition) is 1. The molecule has 0 aromatic heterocycles. The fourth-order valence-corrected chi connectivity index (χ4v) is 2.26. The number of benzene rings is 1. The summed E-state index contributed by atoms with van der Waals surface area (Å²) in [5, 5.41) is 10.4. The van der Waals surface area contributed by atoms with Crippen LogP contribution >= 0.6 is 0 Å². The van der Waals surface area contributed by atoms with Crippen LogP contribution in [0, 0.1) is 0 Å². The summed E-state index contributed by atoms with van der Waals surface area (Å²) in [6.07, 6.45) is 2.54. The Labute approximate surface area is 91.5 Å². The Balaban J connectivity index is 2.05. The Hall–Kier alpha value is -0.860. The maximum atomic E-state index is 10.4. The van der Waals surface area contributed by atoms with Crippen LogP contribution in [-0.4, -0.2) is 29.6 Å². The highest BCUT2D eigenvalue weighted by Crippen LogP contribution is 2.23. The minimum absolute atomic E-state index is 0.717. The van der Waals surface area contributed by atoms with E-state index in [-0.39, 0.29) is 0 Å². The third-order valence-electron chi connectivity index (χ3n) is 3.13. The number of likely N-dealkylation sites (tertiary alicyclic amines) is 1. The minimum atomic E-state index is -0.717. The van der Waals surface area contributed by atoms with Crippen molar-refractivity contribution in [3.8, 4) is 0 Å². The summed E-state index contributed by atoms with van der Waals surface area (Å²) >= 11 is 0. The van der Waals surface area contributed by atoms with Gasteiger partial charge in [-0.25, -0.2) is 0 Å². The average Bonchev–Trinajstić information content (AvgIpc) is 2.71. The van der Waals surface area contributed by atoms with Crippen LogP contribution in [0.1, 0.15) is 25.3 Å². The Morgan fingerprint density at radius 3 is 2.40 bits per heavy atom. The van der Waals surface area contributed by atoms with Crippen LogP contribution in [0.15, 0.2) is 30.3 Å². The molecule has 1 aromatic rings. The zero-order valence-corrected chi connectivity index (χ0v) is 9.32. The summed E-state index contributed by atoms with van der Waals surface area (Å²) in [4.78, 5) is 2.34. The van der Waals surface area contributed by atoms with Crippen LogP contribution < -0.4 is 0 Å². The molecular weight excluding hydrogens is 186 g/mol. The second-order valence-electron chi connectivity index (χ2n) is 4.62. The average molecular weight is 205 g/mol. The summed E-state index contributed by atoms with van der Waals surface area (Å²) in [6, 6.07) is 9.93. The lowest BCUT2D eigenvalue weighted by atomic mass is 9.95. The summed E-state index contributed by atoms with van der Waals surface area (Å²) in [6.45, 7) is 4.91. The van der Waals surface area contributed by atoms with Gasteiger partial charge in [0.05, 0.1) is 5.60 Å². The molecule has 15 heavy (non-hydrogen) atoms. The number of hydrogen-bond acceptors (Lipinski definition) is 2. The maximum absolute atomic E-state index is 10.4. The van der Waals surface area contributed by atoms with E-state index in [9.17, 15) is 5.11 Å². The standard InChI is InChI=1S/C13H19NO/c1-13(15,11-14-9-5-6-10-14)12-7-3-2-4-8-12/h2-4,7-8,15H,5-6,9-11H2,1H3. The van der Waals surface area contributed by atoms with Gasteiger partial charge in [-0.05, 0) is 38.4 Å². The summed E-state index contributed by atoms with van der Waals surface area (Å²) < 4.78 is 0. The zero-order chi connectivity index (χ0) is 10.7. The molecule has 2 heteroatoms. The number of aliphatic hydroxyl groups is 1. The van der Waals surface area contributed by atoms with E-state index in [0.29, 0.717) is 0 Å². The Bertz CT molecular complexity index is 302. The van der Waals surface area contributed by atoms with Crippen molar-refractivity contribution in [3.05, 3.63) is 35.9 Å². The van der Waals surface area contributed by atoms with E-state index in [1.54, 1.807) is 0 Å². The summed E-state index contributed by atoms with van der Waals surface area (Å²) in [7, 11) is 0. The maximum Gasteiger partial charge on any atom is 0.0994 e. The van der Waals surface area contributed by atoms with Crippen LogP contribution in [-0.2, 0) is 5.60 Å². The van der Waals surface area contributed by atoms with Crippen LogP contribution in [0.25, 0.3) is 0 Å². The van der Waals surface area contributed by atoms with E-state index in [2.05, 4.69) is 4.90 Å². The van der Waals surface area contributed by atoms with E-state index in [1.807, 2.05) is 37.3 Å². The molecule has 0 bridgehead atoms. The normalized spacial score (nSPS) is 21.5. The highest BCUT2D eigenvalue weighted by molar-refractivity contribution is 5.21. The van der Waals surface area contributed by atoms with Gasteiger partial charge >= 0.3 is 0 Å². The fraction of sp³-hybridized carbons (Fsp3) is 0.538. The van der Waals surface area contributed by atoms with Crippen LogP contribution in [0.4, 0.5) is 0 Å². The van der Waals surface area contributed by atoms with E-state index in [4.69, 9.17) is 0 Å². The first-order valence-corrected chi connectivity index (χ1v) is 5.69. The smallest absolute Gasteiger partial charge is 0.0994 e. The topological polar surface area (TPSA) is 23.5 Å². The van der Waals surface area contributed by atoms with Crippen molar-refractivity contribution in [1.29, 1.82) is 0 Å². The van der Waals surface area contributed by atoms with Gasteiger partial charge in [0.1, 0.15) is 0 Å². The van der Waals surface area contributed by atoms with Gasteiger partial charge in [0.15, 0.2) is 0 Å². The van der Waals surface area contributed by atoms with Gasteiger partial charge in [-0.3, -0.25) is 0 Å². The van der Waals surface area contributed by atoms with Gasteiger partial charge in [0.25, 0.3) is 0 Å². The second-order valence-corrected chi connectivity index (χ2v) is 4.62. The molecular formula is C13H19NO. The first-order valence-electron chi connectivity index (χ1n) is 5.69. The van der Waals surface area contributed by atoms with Crippen molar-refractivity contribution in [3.63, 3.8) is 0 Å². The molecule has 2 rings (SSSR count). The van der Waals surface area contributed by atoms with Gasteiger partial charge in [-0.15, -0.1) is 0 Å². The summed E-state index contributed by atoms with van der Waals surface area (Å²) in [5.74, 6) is 0. The monoisotopic (exact) mass is 205 g/mol. The highest BCUT2D eigenvalue weighted by atomic mass is 16.3. The lowest BCUT2D eigenvalue weighted by Crippen LogP contribution is -2.37. The molecule has 0 aliphatic carbocycles. The molecule has 0 spiro atoms. The van der Waals surface area contributed by atoms with E-state index >= 15 is 0 Å². The third-order valence-corrected chi connectivity index (χ3v) is 3.13. The van der Waals surface area contributed by atoms with Crippen molar-refractivity contribution in [2.75, 3.05) is 19.6 Å². The molecule has 2 nitrogen and oxygen atoms in total. The van der Waals surface area contributed by atoms with Crippen LogP contribution in [0.5, 0.6) is 0 Å². The molecule has 1 saturated heterocycles. The first-order chi connectivity index (χ1) is 7.18. The van der Waals surface area contributed by atoms with E-state index in [0.717, 1.165) is 25.2 Å². The Kier molecular flexibility index (Phi) is 3.08. The highest BCUT2D eigenvalue weighted by Gasteiger charge is 2.27. The first kappa shape index (κ1) is 10.7. The van der Waals surface area contributed by atoms with Gasteiger partial charge in [0, 0.05) is 6.54 Å². The van der Waals surface area contributed by atoms with Gasteiger partial charge in [0.2, 0.25) is 0 Å². The molecule has 1 aliphatic heterocycles. The Morgan fingerprint density at radius 2 is 1.80 bits per heavy atom. The van der Waals surface area contributed by atoms with Gasteiger partial charge < -0.3 is 10.0 Å². The molecule has 1 N–H and O–H groups in total. The van der Waals surface area contributed by atoms with Crippen LogP contribution in [0.3, 0.4) is 0 Å². The SMILES string of the molecule is CC(O)(CN1CCCC1)c1ccccc1. The molecule has 0 amide bonds. The molecule has 1 atom stereocenters. The minimum Gasteiger partial charge on any atom is -0.384 e. The molecule has 0 saturated carbocycles. The van der Waals surface area contributed by atoms with E-state index in [1.165, 1.54) is 12.8 Å². The van der Waals surface area contributed by atoms with E-state index < -0.39 is 5.60 Å². The Morgan fingerprint density at radius 1 is 1.20 bits per heavy atom. The molecule has 1 heterocycles. The summed E-state index contributed by atoms with van der Waals surface area (Å²) in [5.41, 5.74) is 0.294. The van der Waals surface area contributed by atoms with Crippen molar-refractivity contribution in [2.24, 2.45) is 0 Å². The lowest BCUT2D eigenvalue weighted by molar-refractivity contribution is 0.0227. The van der Waals surface area contributed by atoms with Crippen molar-refractivity contribution in [1.82, 2.24) is 4.90 Å². The molecule has 1 unspecified atom stereocenters. The molecule has 1 fully saturated rings. The predicted molar refractivity (Wildman–Crippen MR) is 61.7 cm³/mol. The predicted octanol–water partition coefficient (Wildman–Crippen LogP) is 1.99. The quantitative estimate of drug-likeness (QED) is 0.815. The second kappa shape index (κ2) is 4.33. The van der Waals surface area contributed by atoms with Crippen LogP contribution in [0.2, 0.25) is 0 Å². The number of rotatable bonds is 3. The van der Waals surface area contributed by atoms with Gasteiger partial charge in [-0.1, -0.05) is 30.3 Å². The van der Waals surface area contributed by atoms with Crippen molar-refractivity contribution >= 4 is 0 Å². The van der Waals surface area contributed by atoms with Crippen molar-refractivity contribution < 1.29 is 5.11 Å². The lowest BCUT2D eigenvalue weighted by Gasteiger charge is -2.29. The zero-order valence-electron chi connectivity index (χ0n) is 9.32. The third kappa shape index (κ3) is 2.58. The largest absolute Gasteiger partial charge is 0.384 e. The molecule has 0 radical (unpaired) electrons. The number of β-amino-alcohol motifs (C(OH)–C–C–N with tert-alkyl or cyclic N) is 1. The number of nitrogens with zero attached hydrogens (tertiary/aromatic N) is 1. The van der Waals surface area contributed by atoms with Gasteiger partial charge in [-0.2, -0.15) is 0 Å². The molecule has 1 aromatic carbocycles. The molecule has 1 aliphatic rings.